The molecule has 0 radical (unpaired) electrons. The fourth-order valence-corrected chi connectivity index (χ4v) is 7.36. The highest BCUT2D eigenvalue weighted by atomic mass is 79.9. The van der Waals surface area contributed by atoms with Gasteiger partial charge in [-0.1, -0.05) is 97.4 Å². The van der Waals surface area contributed by atoms with Gasteiger partial charge in [0.05, 0.1) is 11.1 Å². The Labute approximate surface area is 258 Å². The molecule has 0 spiro atoms. The molecule has 8 heteroatoms. The molecule has 0 aromatic heterocycles. The van der Waals surface area contributed by atoms with Gasteiger partial charge in [0.25, 0.3) is 0 Å². The van der Waals surface area contributed by atoms with E-state index in [1.165, 1.54) is 6.07 Å². The molecule has 0 unspecified atom stereocenters. The van der Waals surface area contributed by atoms with E-state index in [1.54, 1.807) is 12.1 Å². The Morgan fingerprint density at radius 3 is 1.66 bits per heavy atom. The monoisotopic (exact) mass is 686 g/mol. The molecule has 0 amide bonds. The van der Waals surface area contributed by atoms with Crippen LogP contribution in [0, 0.1) is 0 Å². The van der Waals surface area contributed by atoms with Crippen LogP contribution in [0.25, 0.3) is 0 Å². The molecular formula is C33H36Br2O6. The number of aromatic hydroxyl groups is 2. The van der Waals surface area contributed by atoms with Crippen LogP contribution in [-0.2, 0) is 36.0 Å². The van der Waals surface area contributed by atoms with Crippen LogP contribution in [0.1, 0.15) is 113 Å². The number of carboxylic acid groups (broad SMARTS) is 1. The van der Waals surface area contributed by atoms with Gasteiger partial charge in [-0.3, -0.25) is 0 Å². The van der Waals surface area contributed by atoms with Crippen molar-refractivity contribution in [2.45, 2.75) is 84.7 Å². The van der Waals surface area contributed by atoms with E-state index in [1.807, 2.05) is 26.0 Å². The summed E-state index contributed by atoms with van der Waals surface area (Å²) in [6.45, 7) is 8.17. The second kappa shape index (κ2) is 12.6. The Kier molecular flexibility index (Phi) is 9.54. The van der Waals surface area contributed by atoms with Crippen molar-refractivity contribution in [1.82, 2.24) is 0 Å². The van der Waals surface area contributed by atoms with Crippen molar-refractivity contribution in [2.24, 2.45) is 0 Å². The van der Waals surface area contributed by atoms with Gasteiger partial charge in [-0.15, -0.1) is 0 Å². The highest BCUT2D eigenvalue weighted by Crippen LogP contribution is 2.56. The van der Waals surface area contributed by atoms with Crippen LogP contribution in [0.4, 0.5) is 0 Å². The number of phenols is 2. The zero-order valence-corrected chi connectivity index (χ0v) is 27.0. The first-order valence-electron chi connectivity index (χ1n) is 14.3. The number of hydrogen-bond donors (Lipinski definition) is 3. The number of carboxylic acids is 1. The van der Waals surface area contributed by atoms with Crippen LogP contribution >= 0.6 is 31.9 Å². The summed E-state index contributed by atoms with van der Waals surface area (Å²) >= 11 is 7.42. The summed E-state index contributed by atoms with van der Waals surface area (Å²) in [7, 11) is 0. The summed E-state index contributed by atoms with van der Waals surface area (Å²) < 4.78 is 7.91. The fraction of sp³-hybridized carbons (Fsp3) is 0.394. The highest BCUT2D eigenvalue weighted by Gasteiger charge is 2.53. The maximum atomic E-state index is 13.7. The number of aryl methyl sites for hydroxylation is 2. The van der Waals surface area contributed by atoms with Gasteiger partial charge in [-0.05, 0) is 55.0 Å². The Morgan fingerprint density at radius 1 is 0.780 bits per heavy atom. The number of benzene rings is 3. The van der Waals surface area contributed by atoms with E-state index >= 15 is 0 Å². The molecule has 218 valence electrons. The van der Waals surface area contributed by atoms with Crippen LogP contribution in [-0.4, -0.2) is 27.3 Å². The molecule has 4 rings (SSSR count). The van der Waals surface area contributed by atoms with Crippen LogP contribution in [0.15, 0.2) is 39.3 Å². The lowest BCUT2D eigenvalue weighted by atomic mass is 9.75. The Hall–Kier alpha value is -2.84. The van der Waals surface area contributed by atoms with Crippen molar-refractivity contribution in [1.29, 1.82) is 0 Å². The standard InChI is InChI=1S/C33H36Br2O6/c1-5-10-18-16-24(29(36)21(12-7-3)27(18)34)33(23-15-9-14-20(31(38)39)26(23)32(40)41-33)25-17-19(11-6-2)28(35)22(13-8-4)30(25)37/h9,14-17,36-37H,5-8,10-13H2,1-4H3,(H,38,39). The Bertz CT molecular complexity index is 1440. The molecule has 1 aliphatic heterocycles. The third kappa shape index (κ3) is 5.18. The van der Waals surface area contributed by atoms with Crippen LogP contribution in [0.5, 0.6) is 11.5 Å². The molecular weight excluding hydrogens is 652 g/mol. The number of rotatable bonds is 11. The van der Waals surface area contributed by atoms with Gasteiger partial charge in [0.2, 0.25) is 0 Å². The first kappa shape index (κ1) is 31.1. The quantitative estimate of drug-likeness (QED) is 0.175. The van der Waals surface area contributed by atoms with E-state index in [0.717, 1.165) is 45.8 Å². The number of aromatic carboxylic acids is 1. The van der Waals surface area contributed by atoms with Crippen molar-refractivity contribution < 1.29 is 29.6 Å². The first-order chi connectivity index (χ1) is 19.6. The summed E-state index contributed by atoms with van der Waals surface area (Å²) in [5.74, 6) is -2.16. The topological polar surface area (TPSA) is 104 Å². The van der Waals surface area contributed by atoms with E-state index in [-0.39, 0.29) is 28.2 Å². The summed E-state index contributed by atoms with van der Waals surface area (Å²) in [5, 5.41) is 33.9. The Morgan fingerprint density at radius 2 is 1.24 bits per heavy atom. The third-order valence-corrected chi connectivity index (χ3v) is 9.71. The smallest absolute Gasteiger partial charge is 0.341 e. The molecule has 3 aromatic rings. The minimum Gasteiger partial charge on any atom is -0.507 e. The Balaban J connectivity index is 2.25. The van der Waals surface area contributed by atoms with E-state index in [0.29, 0.717) is 47.9 Å². The van der Waals surface area contributed by atoms with Crippen molar-refractivity contribution in [2.75, 3.05) is 0 Å². The van der Waals surface area contributed by atoms with Crippen LogP contribution in [0.3, 0.4) is 0 Å². The van der Waals surface area contributed by atoms with Crippen LogP contribution in [0.2, 0.25) is 0 Å². The predicted molar refractivity (Wildman–Crippen MR) is 166 cm³/mol. The number of carbonyl (C=O) groups excluding carboxylic acids is 1. The number of hydrogen-bond acceptors (Lipinski definition) is 5. The van der Waals surface area contributed by atoms with E-state index in [9.17, 15) is 24.9 Å². The van der Waals surface area contributed by atoms with Crippen molar-refractivity contribution in [3.63, 3.8) is 0 Å². The number of carbonyl (C=O) groups is 2. The zero-order chi connectivity index (χ0) is 30.1. The van der Waals surface area contributed by atoms with E-state index in [2.05, 4.69) is 45.7 Å². The molecule has 1 heterocycles. The fourth-order valence-electron chi connectivity index (χ4n) is 5.96. The average Bonchev–Trinajstić information content (AvgIpc) is 3.25. The maximum Gasteiger partial charge on any atom is 0.341 e. The average molecular weight is 688 g/mol. The number of cyclic esters (lactones) is 1. The molecule has 6 nitrogen and oxygen atoms in total. The molecule has 0 atom stereocenters. The van der Waals surface area contributed by atoms with Crippen molar-refractivity contribution in [3.8, 4) is 11.5 Å². The summed E-state index contributed by atoms with van der Waals surface area (Å²) in [4.78, 5) is 25.9. The van der Waals surface area contributed by atoms with Gasteiger partial charge < -0.3 is 20.1 Å². The SMILES string of the molecule is CCCc1cc(C2(c3cc(CCC)c(Br)c(CCC)c3O)OC(=O)c3c(C(=O)O)cccc32)c(O)c(CCC)c1Br. The molecule has 0 aliphatic carbocycles. The lowest BCUT2D eigenvalue weighted by Gasteiger charge is -2.34. The molecule has 0 bridgehead atoms. The van der Waals surface area contributed by atoms with Gasteiger partial charge in [0.15, 0.2) is 5.60 Å². The predicted octanol–water partition coefficient (Wildman–Crippen LogP) is 8.59. The largest absolute Gasteiger partial charge is 0.507 e. The minimum atomic E-state index is -1.77. The van der Waals surface area contributed by atoms with Gasteiger partial charge >= 0.3 is 11.9 Å². The van der Waals surface area contributed by atoms with E-state index < -0.39 is 17.5 Å². The van der Waals surface area contributed by atoms with Gasteiger partial charge in [-0.2, -0.15) is 0 Å². The highest BCUT2D eigenvalue weighted by molar-refractivity contribution is 9.10. The normalized spacial score (nSPS) is 13.8. The summed E-state index contributed by atoms with van der Waals surface area (Å²) in [6.07, 6.45) is 5.74. The molecule has 0 saturated carbocycles. The van der Waals surface area contributed by atoms with E-state index in [4.69, 9.17) is 4.74 Å². The third-order valence-electron chi connectivity index (χ3n) is 7.73. The molecule has 41 heavy (non-hydrogen) atoms. The number of halogens is 2. The zero-order valence-electron chi connectivity index (χ0n) is 23.9. The molecule has 0 fully saturated rings. The molecule has 0 saturated heterocycles. The molecule has 3 N–H and O–H groups in total. The number of ether oxygens (including phenoxy) is 1. The van der Waals surface area contributed by atoms with Crippen molar-refractivity contribution >= 4 is 43.8 Å². The summed E-state index contributed by atoms with van der Waals surface area (Å²) in [6, 6.07) is 8.27. The van der Waals surface area contributed by atoms with Crippen molar-refractivity contribution in [3.05, 3.63) is 89.3 Å². The summed E-state index contributed by atoms with van der Waals surface area (Å²) in [5.41, 5.74) is 2.10. The van der Waals surface area contributed by atoms with Gasteiger partial charge in [-0.25, -0.2) is 9.59 Å². The van der Waals surface area contributed by atoms with Crippen LogP contribution < -0.4 is 0 Å². The number of phenolic OH excluding ortho intramolecular Hbond substituents is 2. The van der Waals surface area contributed by atoms with Gasteiger partial charge in [0.1, 0.15) is 11.5 Å². The maximum absolute atomic E-state index is 13.7. The second-order valence-electron chi connectivity index (χ2n) is 10.6. The second-order valence-corrected chi connectivity index (χ2v) is 12.1. The number of fused-ring (bicyclic) bond motifs is 1. The molecule has 3 aromatic carbocycles. The first-order valence-corrected chi connectivity index (χ1v) is 15.8. The lowest BCUT2D eigenvalue weighted by Crippen LogP contribution is -2.31. The minimum absolute atomic E-state index is 0.0450. The van der Waals surface area contributed by atoms with Gasteiger partial charge in [0, 0.05) is 36.8 Å². The lowest BCUT2D eigenvalue weighted by molar-refractivity contribution is 0.0236. The number of esters is 1. The molecule has 1 aliphatic rings.